The number of ether oxygens (including phenoxy) is 2. The molecule has 1 aromatic carbocycles. The lowest BCUT2D eigenvalue weighted by atomic mass is 10.0. The molecule has 1 saturated heterocycles. The van der Waals surface area contributed by atoms with Gasteiger partial charge in [0.1, 0.15) is 5.69 Å². The van der Waals surface area contributed by atoms with Gasteiger partial charge < -0.3 is 19.7 Å². The lowest BCUT2D eigenvalue weighted by Crippen LogP contribution is -2.36. The van der Waals surface area contributed by atoms with Gasteiger partial charge in [-0.3, -0.25) is 4.79 Å². The van der Waals surface area contributed by atoms with E-state index in [0.29, 0.717) is 31.4 Å². The molecule has 0 aliphatic carbocycles. The Balaban J connectivity index is 1.64. The first-order valence-electron chi connectivity index (χ1n) is 11.3. The summed E-state index contributed by atoms with van der Waals surface area (Å²) in [7, 11) is -3.52. The van der Waals surface area contributed by atoms with Crippen molar-refractivity contribution in [1.29, 1.82) is 0 Å². The predicted octanol–water partition coefficient (Wildman–Crippen LogP) is 3.34. The summed E-state index contributed by atoms with van der Waals surface area (Å²) >= 11 is 0. The third kappa shape index (κ3) is 5.77. The molecule has 0 atom stereocenters. The van der Waals surface area contributed by atoms with Crippen LogP contribution in [-0.4, -0.2) is 63.5 Å². The summed E-state index contributed by atoms with van der Waals surface area (Å²) in [6, 6.07) is 10.4. The van der Waals surface area contributed by atoms with Crippen LogP contribution in [0.5, 0.6) is 5.88 Å². The quantitative estimate of drug-likeness (QED) is 0.530. The number of rotatable bonds is 7. The number of amides is 1. The maximum absolute atomic E-state index is 12.8. The third-order valence-corrected chi connectivity index (χ3v) is 6.63. The van der Waals surface area contributed by atoms with Crippen molar-refractivity contribution < 1.29 is 22.7 Å². The number of aromatic nitrogens is 2. The lowest BCUT2D eigenvalue weighted by Gasteiger charge is -2.30. The fourth-order valence-corrected chi connectivity index (χ4v) is 4.43. The molecule has 9 nitrogen and oxygen atoms in total. The van der Waals surface area contributed by atoms with Gasteiger partial charge in [0.15, 0.2) is 14.9 Å². The molecular formula is C25H28N4O5S. The van der Waals surface area contributed by atoms with Crippen molar-refractivity contribution in [2.24, 2.45) is 0 Å². The molecule has 1 aliphatic rings. The van der Waals surface area contributed by atoms with E-state index < -0.39 is 15.7 Å². The van der Waals surface area contributed by atoms with Gasteiger partial charge in [-0.15, -0.1) is 0 Å². The highest BCUT2D eigenvalue weighted by Gasteiger charge is 2.19. The molecule has 0 unspecified atom stereocenters. The van der Waals surface area contributed by atoms with E-state index in [-0.39, 0.29) is 10.6 Å². The molecule has 3 aromatic rings. The van der Waals surface area contributed by atoms with E-state index in [1.54, 1.807) is 12.3 Å². The zero-order valence-electron chi connectivity index (χ0n) is 19.9. The Morgan fingerprint density at radius 2 is 1.91 bits per heavy atom. The Morgan fingerprint density at radius 3 is 2.63 bits per heavy atom. The molecule has 4 rings (SSSR count). The second-order valence-electron chi connectivity index (χ2n) is 8.22. The van der Waals surface area contributed by atoms with Crippen LogP contribution in [0.15, 0.2) is 53.8 Å². The van der Waals surface area contributed by atoms with Gasteiger partial charge in [-0.25, -0.2) is 18.4 Å². The number of aryl methyl sites for hydroxylation is 1. The van der Waals surface area contributed by atoms with Gasteiger partial charge in [-0.2, -0.15) is 0 Å². The van der Waals surface area contributed by atoms with Crippen LogP contribution < -0.4 is 15.0 Å². The van der Waals surface area contributed by atoms with Crippen molar-refractivity contribution >= 4 is 27.1 Å². The first kappa shape index (κ1) is 24.6. The molecule has 1 amide bonds. The van der Waals surface area contributed by atoms with E-state index in [1.807, 2.05) is 26.0 Å². The molecular weight excluding hydrogens is 468 g/mol. The maximum atomic E-state index is 12.8. The van der Waals surface area contributed by atoms with E-state index >= 15 is 0 Å². The second kappa shape index (κ2) is 10.4. The highest BCUT2D eigenvalue weighted by Crippen LogP contribution is 2.34. The number of anilines is 2. The number of hydrogen-bond donors (Lipinski definition) is 1. The van der Waals surface area contributed by atoms with Crippen molar-refractivity contribution in [1.82, 2.24) is 9.97 Å². The van der Waals surface area contributed by atoms with Gasteiger partial charge in [0.2, 0.25) is 5.88 Å². The minimum atomic E-state index is -3.52. The predicted molar refractivity (Wildman–Crippen MR) is 134 cm³/mol. The van der Waals surface area contributed by atoms with Crippen molar-refractivity contribution in [3.05, 3.63) is 59.9 Å². The van der Waals surface area contributed by atoms with Crippen LogP contribution in [0.1, 0.15) is 22.8 Å². The van der Waals surface area contributed by atoms with Crippen LogP contribution in [0.4, 0.5) is 11.4 Å². The number of benzene rings is 1. The van der Waals surface area contributed by atoms with Crippen LogP contribution >= 0.6 is 0 Å². The summed E-state index contributed by atoms with van der Waals surface area (Å²) in [5.41, 5.74) is 4.53. The number of hydrogen-bond acceptors (Lipinski definition) is 8. The third-order valence-electron chi connectivity index (χ3n) is 5.65. The maximum Gasteiger partial charge on any atom is 0.255 e. The largest absolute Gasteiger partial charge is 0.476 e. The average molecular weight is 497 g/mol. The summed E-state index contributed by atoms with van der Waals surface area (Å²) in [5, 5.41) is 2.70. The number of morpholine rings is 1. The minimum Gasteiger partial charge on any atom is -0.476 e. The molecule has 1 N–H and O–H groups in total. The number of nitrogens with one attached hydrogen (secondary N) is 1. The SMILES string of the molecule is CCOc1ncc(-c2cc(NC(=O)c3ccnc(S(C)(=O)=O)c3)ccc2C)cc1N1CCOCC1. The zero-order chi connectivity index (χ0) is 25.0. The van der Waals surface area contributed by atoms with Gasteiger partial charge >= 0.3 is 0 Å². The Hall–Kier alpha value is -3.50. The molecule has 0 bridgehead atoms. The normalized spacial score (nSPS) is 14.0. The van der Waals surface area contributed by atoms with Gasteiger partial charge in [-0.05, 0) is 55.3 Å². The molecule has 2 aromatic heterocycles. The highest BCUT2D eigenvalue weighted by molar-refractivity contribution is 7.90. The molecule has 1 fully saturated rings. The summed E-state index contributed by atoms with van der Waals surface area (Å²) in [6.07, 6.45) is 4.13. The van der Waals surface area contributed by atoms with Crippen molar-refractivity contribution in [3.63, 3.8) is 0 Å². The second-order valence-corrected chi connectivity index (χ2v) is 10.2. The summed E-state index contributed by atoms with van der Waals surface area (Å²) in [5.74, 6) is 0.158. The van der Waals surface area contributed by atoms with E-state index in [0.717, 1.165) is 41.7 Å². The van der Waals surface area contributed by atoms with Crippen LogP contribution in [-0.2, 0) is 14.6 Å². The average Bonchev–Trinajstić information content (AvgIpc) is 2.86. The molecule has 10 heteroatoms. The Kier molecular flexibility index (Phi) is 7.32. The van der Waals surface area contributed by atoms with Crippen molar-refractivity contribution in [2.45, 2.75) is 18.9 Å². The molecule has 0 spiro atoms. The molecule has 35 heavy (non-hydrogen) atoms. The lowest BCUT2D eigenvalue weighted by molar-refractivity contribution is 0.102. The first-order valence-corrected chi connectivity index (χ1v) is 13.2. The molecule has 184 valence electrons. The van der Waals surface area contributed by atoms with Gasteiger partial charge in [0.05, 0.1) is 19.8 Å². The fourth-order valence-electron chi connectivity index (χ4n) is 3.83. The first-order chi connectivity index (χ1) is 16.8. The van der Waals surface area contributed by atoms with Crippen LogP contribution in [0.3, 0.4) is 0 Å². The van der Waals surface area contributed by atoms with Crippen LogP contribution in [0, 0.1) is 6.92 Å². The number of nitrogens with zero attached hydrogens (tertiary/aromatic N) is 3. The van der Waals surface area contributed by atoms with Crippen molar-refractivity contribution in [2.75, 3.05) is 49.4 Å². The number of sulfone groups is 1. The van der Waals surface area contributed by atoms with Crippen LogP contribution in [0.25, 0.3) is 11.1 Å². The zero-order valence-corrected chi connectivity index (χ0v) is 20.8. The fraction of sp³-hybridized carbons (Fsp3) is 0.320. The Labute approximate surface area is 205 Å². The monoisotopic (exact) mass is 496 g/mol. The molecule has 1 aliphatic heterocycles. The van der Waals surface area contributed by atoms with Gasteiger partial charge in [-0.1, -0.05) is 6.07 Å². The van der Waals surface area contributed by atoms with Gasteiger partial charge in [0, 0.05) is 48.6 Å². The summed E-state index contributed by atoms with van der Waals surface area (Å²) in [6.45, 7) is 7.23. The van der Waals surface area contributed by atoms with E-state index in [2.05, 4.69) is 26.3 Å². The summed E-state index contributed by atoms with van der Waals surface area (Å²) in [4.78, 5) is 23.4. The molecule has 3 heterocycles. The van der Waals surface area contributed by atoms with E-state index in [9.17, 15) is 13.2 Å². The van der Waals surface area contributed by atoms with Gasteiger partial charge in [0.25, 0.3) is 5.91 Å². The Morgan fingerprint density at radius 1 is 1.14 bits per heavy atom. The number of pyridine rings is 2. The topological polar surface area (TPSA) is 111 Å². The highest BCUT2D eigenvalue weighted by atomic mass is 32.2. The molecule has 0 saturated carbocycles. The number of carbonyl (C=O) groups is 1. The van der Waals surface area contributed by atoms with Crippen LogP contribution in [0.2, 0.25) is 0 Å². The van der Waals surface area contributed by atoms with Crippen molar-refractivity contribution in [3.8, 4) is 17.0 Å². The Bertz CT molecular complexity index is 1340. The minimum absolute atomic E-state index is 0.147. The smallest absolute Gasteiger partial charge is 0.255 e. The molecule has 0 radical (unpaired) electrons. The summed E-state index contributed by atoms with van der Waals surface area (Å²) < 4.78 is 34.8. The van der Waals surface area contributed by atoms with E-state index in [4.69, 9.17) is 9.47 Å². The standard InChI is InChI=1S/C25H28N4O5S/c1-4-34-25-22(29-9-11-33-12-10-29)13-19(16-27-25)21-15-20(6-5-17(21)2)28-24(30)18-7-8-26-23(14-18)35(3,31)32/h5-8,13-16H,4,9-12H2,1-3H3,(H,28,30). The van der Waals surface area contributed by atoms with E-state index in [1.165, 1.54) is 18.3 Å². The number of carbonyl (C=O) groups excluding carboxylic acids is 1.